The Balaban J connectivity index is 0.000000493. The summed E-state index contributed by atoms with van der Waals surface area (Å²) >= 11 is 2.75. The van der Waals surface area contributed by atoms with E-state index in [2.05, 4.69) is 44.6 Å². The molecule has 0 spiro atoms. The van der Waals surface area contributed by atoms with E-state index in [4.69, 9.17) is 5.11 Å². The van der Waals surface area contributed by atoms with Gasteiger partial charge in [0.2, 0.25) is 5.95 Å². The van der Waals surface area contributed by atoms with Crippen molar-refractivity contribution in [2.45, 2.75) is 61.8 Å². The van der Waals surface area contributed by atoms with Crippen molar-refractivity contribution < 1.29 is 13.9 Å². The Morgan fingerprint density at radius 1 is 0.968 bits per heavy atom. The molecule has 2 atom stereocenters. The van der Waals surface area contributed by atoms with Crippen LogP contribution in [-0.2, 0) is 6.42 Å². The summed E-state index contributed by atoms with van der Waals surface area (Å²) in [5.74, 6) is 1.49. The lowest BCUT2D eigenvalue weighted by atomic mass is 10.3. The molecule has 4 rings (SSSR count). The molecular weight excluding hydrogens is 464 g/mol. The summed E-state index contributed by atoms with van der Waals surface area (Å²) in [6.45, 7) is 18.8. The number of benzene rings is 1. The van der Waals surface area contributed by atoms with Gasteiger partial charge < -0.3 is 10.0 Å². The predicted octanol–water partition coefficient (Wildman–Crippen LogP) is 7.25. The van der Waals surface area contributed by atoms with Crippen LogP contribution in [0.2, 0.25) is 0 Å². The molecular formula is C24H38BrF2N3O. The highest BCUT2D eigenvalue weighted by molar-refractivity contribution is 9.10. The van der Waals surface area contributed by atoms with Crippen molar-refractivity contribution in [2.24, 2.45) is 17.8 Å². The van der Waals surface area contributed by atoms with Gasteiger partial charge in [0.1, 0.15) is 5.82 Å². The molecule has 1 aromatic heterocycles. The van der Waals surface area contributed by atoms with Gasteiger partial charge in [-0.15, -0.1) is 0 Å². The fourth-order valence-corrected chi connectivity index (χ4v) is 3.51. The predicted molar refractivity (Wildman–Crippen MR) is 130 cm³/mol. The van der Waals surface area contributed by atoms with E-state index in [-0.39, 0.29) is 4.47 Å². The number of piperidine rings is 1. The van der Waals surface area contributed by atoms with Crippen LogP contribution in [0.1, 0.15) is 61.0 Å². The molecule has 2 unspecified atom stereocenters. The number of rotatable bonds is 2. The van der Waals surface area contributed by atoms with E-state index in [1.165, 1.54) is 5.56 Å². The largest absolute Gasteiger partial charge is 0.505 e. The van der Waals surface area contributed by atoms with Crippen molar-refractivity contribution in [2.75, 3.05) is 18.0 Å². The third kappa shape index (κ3) is 8.36. The first kappa shape index (κ1) is 29.2. The molecule has 1 saturated carbocycles. The highest BCUT2D eigenvalue weighted by atomic mass is 79.9. The van der Waals surface area contributed by atoms with Crippen LogP contribution < -0.4 is 4.90 Å². The topological polar surface area (TPSA) is 49.2 Å². The van der Waals surface area contributed by atoms with Gasteiger partial charge in [-0.3, -0.25) is 0 Å². The van der Waals surface area contributed by atoms with Crippen LogP contribution >= 0.6 is 15.9 Å². The number of hydrogen-bond acceptors (Lipinski definition) is 4. The summed E-state index contributed by atoms with van der Waals surface area (Å²) in [5.41, 5.74) is 1.22. The Labute approximate surface area is 195 Å². The van der Waals surface area contributed by atoms with Crippen molar-refractivity contribution in [3.63, 3.8) is 0 Å². The molecule has 2 aromatic rings. The lowest BCUT2D eigenvalue weighted by Gasteiger charge is -2.18. The summed E-state index contributed by atoms with van der Waals surface area (Å²) in [7, 11) is 0. The molecule has 7 heteroatoms. The van der Waals surface area contributed by atoms with E-state index in [1.54, 1.807) is 0 Å². The normalized spacial score (nSPS) is 19.7. The van der Waals surface area contributed by atoms with Crippen molar-refractivity contribution in [3.05, 3.63) is 46.2 Å². The van der Waals surface area contributed by atoms with Gasteiger partial charge >= 0.3 is 0 Å². The molecule has 1 N–H and O–H groups in total. The third-order valence-electron chi connectivity index (χ3n) is 4.99. The zero-order valence-corrected chi connectivity index (χ0v) is 21.7. The third-order valence-corrected chi connectivity index (χ3v) is 5.60. The summed E-state index contributed by atoms with van der Waals surface area (Å²) in [6.07, 6.45) is 4.92. The molecule has 1 aliphatic heterocycles. The minimum absolute atomic E-state index is 0.00259. The fraction of sp³-hybridized carbons (Fsp3) is 0.583. The van der Waals surface area contributed by atoms with E-state index in [0.717, 1.165) is 49.3 Å². The highest BCUT2D eigenvalue weighted by Crippen LogP contribution is 2.51. The van der Waals surface area contributed by atoms with Gasteiger partial charge in [0.05, 0.1) is 4.47 Å². The van der Waals surface area contributed by atoms with Crippen LogP contribution in [0.25, 0.3) is 0 Å². The fourth-order valence-electron chi connectivity index (χ4n) is 3.19. The molecule has 2 fully saturated rings. The molecule has 0 amide bonds. The minimum atomic E-state index is -0.840. The van der Waals surface area contributed by atoms with E-state index in [1.807, 2.05) is 53.9 Å². The molecule has 1 aliphatic carbocycles. The Morgan fingerprint density at radius 2 is 1.45 bits per heavy atom. The highest BCUT2D eigenvalue weighted by Gasteiger charge is 2.53. The van der Waals surface area contributed by atoms with E-state index in [0.29, 0.717) is 6.07 Å². The van der Waals surface area contributed by atoms with Crippen LogP contribution in [0.15, 0.2) is 29.0 Å². The number of anilines is 1. The van der Waals surface area contributed by atoms with Crippen LogP contribution in [0.4, 0.5) is 14.7 Å². The van der Waals surface area contributed by atoms with Gasteiger partial charge in [-0.05, 0) is 51.7 Å². The monoisotopic (exact) mass is 501 g/mol. The first-order chi connectivity index (χ1) is 14.9. The number of nitrogens with zero attached hydrogens (tertiary/aromatic N) is 3. The second kappa shape index (κ2) is 15.1. The Hall–Kier alpha value is -1.76. The minimum Gasteiger partial charge on any atom is -0.505 e. The SMILES string of the molecule is CC.CC.CC.CCc1cnc(N2CC3C(C)C3C2)nc1.Oc1cc(F)c(Br)cc1F. The van der Waals surface area contributed by atoms with Gasteiger partial charge in [-0.2, -0.15) is 0 Å². The summed E-state index contributed by atoms with van der Waals surface area (Å²) in [5, 5.41) is 8.59. The molecule has 2 aliphatic rings. The summed E-state index contributed by atoms with van der Waals surface area (Å²) in [6, 6.07) is 1.57. The maximum atomic E-state index is 12.4. The van der Waals surface area contributed by atoms with E-state index < -0.39 is 17.4 Å². The molecule has 1 aromatic carbocycles. The molecule has 0 bridgehead atoms. The summed E-state index contributed by atoms with van der Waals surface area (Å²) < 4.78 is 24.7. The number of hydrogen-bond donors (Lipinski definition) is 1. The Morgan fingerprint density at radius 3 is 1.87 bits per heavy atom. The van der Waals surface area contributed by atoms with Crippen molar-refractivity contribution >= 4 is 21.9 Å². The number of aryl methyl sites for hydroxylation is 1. The molecule has 1 saturated heterocycles. The Kier molecular flexibility index (Phi) is 14.3. The molecule has 31 heavy (non-hydrogen) atoms. The van der Waals surface area contributed by atoms with Gasteiger partial charge in [0, 0.05) is 31.5 Å². The molecule has 4 nitrogen and oxygen atoms in total. The molecule has 0 radical (unpaired) electrons. The number of phenols is 1. The van der Waals surface area contributed by atoms with Gasteiger partial charge in [0.25, 0.3) is 0 Å². The maximum absolute atomic E-state index is 12.4. The van der Waals surface area contributed by atoms with Crippen LogP contribution in [0, 0.1) is 29.4 Å². The first-order valence-corrected chi connectivity index (χ1v) is 12.1. The van der Waals surface area contributed by atoms with Crippen molar-refractivity contribution in [3.8, 4) is 5.75 Å². The lowest BCUT2D eigenvalue weighted by molar-refractivity contribution is 0.426. The smallest absolute Gasteiger partial charge is 0.225 e. The maximum Gasteiger partial charge on any atom is 0.225 e. The van der Waals surface area contributed by atoms with Crippen molar-refractivity contribution in [1.82, 2.24) is 9.97 Å². The van der Waals surface area contributed by atoms with Gasteiger partial charge in [-0.25, -0.2) is 18.7 Å². The zero-order valence-electron chi connectivity index (χ0n) is 20.1. The second-order valence-corrected chi connectivity index (χ2v) is 7.41. The lowest BCUT2D eigenvalue weighted by Crippen LogP contribution is -2.25. The first-order valence-electron chi connectivity index (χ1n) is 11.3. The van der Waals surface area contributed by atoms with E-state index >= 15 is 0 Å². The van der Waals surface area contributed by atoms with E-state index in [9.17, 15) is 8.78 Å². The van der Waals surface area contributed by atoms with Gasteiger partial charge in [-0.1, -0.05) is 55.4 Å². The van der Waals surface area contributed by atoms with Crippen molar-refractivity contribution in [1.29, 1.82) is 0 Å². The van der Waals surface area contributed by atoms with Crippen LogP contribution in [0.5, 0.6) is 5.75 Å². The quantitative estimate of drug-likeness (QED) is 0.440. The number of fused-ring (bicyclic) bond motifs is 1. The Bertz CT molecular complexity index is 697. The molecule has 2 heterocycles. The number of phenolic OH excluding ortho intramolecular Hbond substituents is 1. The zero-order chi connectivity index (χ0) is 24.1. The van der Waals surface area contributed by atoms with Crippen LogP contribution in [-0.4, -0.2) is 28.2 Å². The number of halogens is 3. The van der Waals surface area contributed by atoms with Crippen LogP contribution in [0.3, 0.4) is 0 Å². The molecule has 176 valence electrons. The second-order valence-electron chi connectivity index (χ2n) is 6.55. The average Bonchev–Trinajstić information content (AvgIpc) is 3.20. The van der Waals surface area contributed by atoms with Gasteiger partial charge in [0.15, 0.2) is 11.6 Å². The summed E-state index contributed by atoms with van der Waals surface area (Å²) in [4.78, 5) is 11.2. The standard InChI is InChI=1S/C12H17N3.C6H3BrF2O.3C2H6/c1-3-9-4-13-12(14-5-9)15-6-10-8(2)11(10)7-15;7-3-1-5(9)6(10)2-4(3)8;3*1-2/h4-5,8,10-11H,3,6-7H2,1-2H3;1-2,10H;3*1-2H3. The average molecular weight is 502 g/mol. The number of aromatic nitrogens is 2. The number of aromatic hydroxyl groups is 1.